The van der Waals surface area contributed by atoms with Crippen molar-refractivity contribution in [3.8, 4) is 0 Å². The van der Waals surface area contributed by atoms with Gasteiger partial charge in [0.25, 0.3) is 0 Å². The number of allylic oxidation sites excluding steroid dienone is 1. The number of rotatable bonds is 1. The summed E-state index contributed by atoms with van der Waals surface area (Å²) in [6.45, 7) is 7.23. The van der Waals surface area contributed by atoms with Crippen molar-refractivity contribution < 1.29 is 14.3 Å². The van der Waals surface area contributed by atoms with Crippen LogP contribution in [0.5, 0.6) is 0 Å². The molecule has 0 aromatic carbocycles. The Morgan fingerprint density at radius 3 is 2.62 bits per heavy atom. The van der Waals surface area contributed by atoms with E-state index in [1.165, 1.54) is 0 Å². The number of amides is 1. The first-order valence-electron chi connectivity index (χ1n) is 9.14. The van der Waals surface area contributed by atoms with Gasteiger partial charge in [0.05, 0.1) is 12.2 Å². The summed E-state index contributed by atoms with van der Waals surface area (Å²) in [6, 6.07) is 0. The molecule has 0 saturated carbocycles. The van der Waals surface area contributed by atoms with Crippen molar-refractivity contribution in [3.05, 3.63) is 28.7 Å². The fourth-order valence-electron chi connectivity index (χ4n) is 3.44. The molecule has 3 heterocycles. The molecule has 142 valence electrons. The zero-order valence-corrected chi connectivity index (χ0v) is 16.3. The van der Waals surface area contributed by atoms with Gasteiger partial charge in [-0.05, 0) is 33.6 Å². The molecule has 0 bridgehead atoms. The highest BCUT2D eigenvalue weighted by atomic mass is 16.6. The molecular weight excluding hydrogens is 332 g/mol. The smallest absolute Gasteiger partial charge is 0.410 e. The van der Waals surface area contributed by atoms with Gasteiger partial charge >= 0.3 is 6.09 Å². The van der Waals surface area contributed by atoms with Gasteiger partial charge in [0.2, 0.25) is 5.78 Å². The molecule has 1 aromatic heterocycles. The van der Waals surface area contributed by atoms with Gasteiger partial charge in [-0.15, -0.1) is 0 Å². The normalized spacial score (nSPS) is 19.0. The van der Waals surface area contributed by atoms with E-state index in [4.69, 9.17) is 4.74 Å². The highest BCUT2D eigenvalue weighted by molar-refractivity contribution is 6.08. The zero-order chi connectivity index (χ0) is 19.1. The number of hydrogen-bond acceptors (Lipinski definition) is 5. The second kappa shape index (κ2) is 6.78. The number of hydrogen-bond donors (Lipinski definition) is 0. The standard InChI is InChI=1S/C19H28N4O3/c1-19(2,3)26-18(25)22-10-8-15-14(12-22)16-17(24)13(11-21(4)5)7-6-9-23(16)20-15/h11H,6-10,12H2,1-5H3/b13-11+. The summed E-state index contributed by atoms with van der Waals surface area (Å²) in [7, 11) is 3.84. The maximum absolute atomic E-state index is 13.1. The molecular formula is C19H28N4O3. The summed E-state index contributed by atoms with van der Waals surface area (Å²) in [4.78, 5) is 29.1. The number of ketones is 1. The summed E-state index contributed by atoms with van der Waals surface area (Å²) >= 11 is 0. The van der Waals surface area contributed by atoms with Gasteiger partial charge in [-0.1, -0.05) is 0 Å². The molecule has 7 nitrogen and oxygen atoms in total. The topological polar surface area (TPSA) is 67.7 Å². The SMILES string of the molecule is CN(C)/C=C1\CCCn2nc3c(c2C1=O)CN(C(=O)OC(C)(C)C)CC3. The van der Waals surface area contributed by atoms with E-state index in [2.05, 4.69) is 5.10 Å². The first-order valence-corrected chi connectivity index (χ1v) is 9.14. The molecule has 2 aliphatic rings. The Bertz CT molecular complexity index is 756. The van der Waals surface area contributed by atoms with E-state index < -0.39 is 5.60 Å². The Balaban J connectivity index is 1.91. The maximum Gasteiger partial charge on any atom is 0.410 e. The Kier molecular flexibility index (Phi) is 4.82. The van der Waals surface area contributed by atoms with Crippen LogP contribution in [0.2, 0.25) is 0 Å². The van der Waals surface area contributed by atoms with Crippen LogP contribution in [0.15, 0.2) is 11.8 Å². The van der Waals surface area contributed by atoms with Gasteiger partial charge in [0.15, 0.2) is 0 Å². The highest BCUT2D eigenvalue weighted by Crippen LogP contribution is 2.29. The first kappa shape index (κ1) is 18.5. The van der Waals surface area contributed by atoms with Crippen molar-refractivity contribution in [1.82, 2.24) is 19.6 Å². The summed E-state index contributed by atoms with van der Waals surface area (Å²) in [5.74, 6) is 0.0241. The molecule has 0 fully saturated rings. The van der Waals surface area contributed by atoms with Crippen molar-refractivity contribution in [2.45, 2.75) is 58.7 Å². The van der Waals surface area contributed by atoms with E-state index in [-0.39, 0.29) is 11.9 Å². The van der Waals surface area contributed by atoms with Crippen LogP contribution in [-0.2, 0) is 24.2 Å². The van der Waals surface area contributed by atoms with Crippen LogP contribution in [0.25, 0.3) is 0 Å². The number of aromatic nitrogens is 2. The monoisotopic (exact) mass is 360 g/mol. The van der Waals surface area contributed by atoms with Crippen molar-refractivity contribution in [1.29, 1.82) is 0 Å². The lowest BCUT2D eigenvalue weighted by atomic mass is 9.99. The highest BCUT2D eigenvalue weighted by Gasteiger charge is 2.33. The van der Waals surface area contributed by atoms with Crippen molar-refractivity contribution >= 4 is 11.9 Å². The van der Waals surface area contributed by atoms with Crippen LogP contribution < -0.4 is 0 Å². The summed E-state index contributed by atoms with van der Waals surface area (Å²) in [6.07, 6.45) is 3.83. The molecule has 0 spiro atoms. The van der Waals surface area contributed by atoms with E-state index in [9.17, 15) is 9.59 Å². The Morgan fingerprint density at radius 1 is 1.23 bits per heavy atom. The minimum absolute atomic E-state index is 0.0241. The molecule has 0 atom stereocenters. The van der Waals surface area contributed by atoms with Gasteiger partial charge in [-0.2, -0.15) is 5.10 Å². The quantitative estimate of drug-likeness (QED) is 0.720. The number of fused-ring (bicyclic) bond motifs is 3. The fraction of sp³-hybridized carbons (Fsp3) is 0.632. The van der Waals surface area contributed by atoms with Crippen LogP contribution in [0.1, 0.15) is 55.4 Å². The number of aryl methyl sites for hydroxylation is 1. The van der Waals surface area contributed by atoms with Gasteiger partial charge < -0.3 is 14.5 Å². The average molecular weight is 360 g/mol. The minimum atomic E-state index is -0.537. The number of nitrogens with zero attached hydrogens (tertiary/aromatic N) is 4. The van der Waals surface area contributed by atoms with Crippen molar-refractivity contribution in [2.24, 2.45) is 0 Å². The largest absolute Gasteiger partial charge is 0.444 e. The molecule has 0 saturated heterocycles. The molecule has 0 radical (unpaired) electrons. The van der Waals surface area contributed by atoms with Crippen LogP contribution >= 0.6 is 0 Å². The summed E-state index contributed by atoms with van der Waals surface area (Å²) in [5, 5.41) is 4.66. The number of Topliss-reactive ketones (excluding diaryl/α,β-unsaturated/α-hetero) is 1. The summed E-state index contributed by atoms with van der Waals surface area (Å²) < 4.78 is 7.33. The van der Waals surface area contributed by atoms with Gasteiger partial charge in [0, 0.05) is 50.9 Å². The second-order valence-corrected chi connectivity index (χ2v) is 8.20. The van der Waals surface area contributed by atoms with E-state index in [0.29, 0.717) is 25.2 Å². The van der Waals surface area contributed by atoms with Crippen molar-refractivity contribution in [3.63, 3.8) is 0 Å². The summed E-state index contributed by atoms with van der Waals surface area (Å²) in [5.41, 5.74) is 2.70. The van der Waals surface area contributed by atoms with E-state index >= 15 is 0 Å². The molecule has 2 aliphatic heterocycles. The zero-order valence-electron chi connectivity index (χ0n) is 16.3. The molecule has 1 aromatic rings. The van der Waals surface area contributed by atoms with Crippen LogP contribution in [0, 0.1) is 0 Å². The fourth-order valence-corrected chi connectivity index (χ4v) is 3.44. The third kappa shape index (κ3) is 3.76. The van der Waals surface area contributed by atoms with Crippen molar-refractivity contribution in [2.75, 3.05) is 20.6 Å². The van der Waals surface area contributed by atoms with E-state index in [1.807, 2.05) is 50.6 Å². The maximum atomic E-state index is 13.1. The second-order valence-electron chi connectivity index (χ2n) is 8.20. The number of carbonyl (C=O) groups excluding carboxylic acids is 2. The Morgan fingerprint density at radius 2 is 1.96 bits per heavy atom. The van der Waals surface area contributed by atoms with Gasteiger partial charge in [-0.3, -0.25) is 9.48 Å². The van der Waals surface area contributed by atoms with Gasteiger partial charge in [-0.25, -0.2) is 4.79 Å². The van der Waals surface area contributed by atoms with Crippen LogP contribution in [-0.4, -0.2) is 57.7 Å². The molecule has 3 rings (SSSR count). The lowest BCUT2D eigenvalue weighted by Crippen LogP contribution is -2.40. The minimum Gasteiger partial charge on any atom is -0.444 e. The molecule has 0 N–H and O–H groups in total. The molecule has 26 heavy (non-hydrogen) atoms. The molecule has 0 aliphatic carbocycles. The van der Waals surface area contributed by atoms with E-state index in [0.717, 1.165) is 36.2 Å². The predicted octanol–water partition coefficient (Wildman–Crippen LogP) is 2.60. The lowest BCUT2D eigenvalue weighted by Gasteiger charge is -2.29. The third-order valence-corrected chi connectivity index (χ3v) is 4.49. The molecule has 1 amide bonds. The lowest BCUT2D eigenvalue weighted by molar-refractivity contribution is 0.0222. The number of ether oxygens (including phenoxy) is 1. The number of carbonyl (C=O) groups is 2. The van der Waals surface area contributed by atoms with Gasteiger partial charge in [0.1, 0.15) is 11.3 Å². The molecule has 7 heteroatoms. The molecule has 0 unspecified atom stereocenters. The third-order valence-electron chi connectivity index (χ3n) is 4.49. The predicted molar refractivity (Wildman–Crippen MR) is 97.9 cm³/mol. The Hall–Kier alpha value is -2.31. The first-order chi connectivity index (χ1) is 12.2. The van der Waals surface area contributed by atoms with Crippen LogP contribution in [0.3, 0.4) is 0 Å². The van der Waals surface area contributed by atoms with Crippen LogP contribution in [0.4, 0.5) is 4.79 Å². The Labute approximate surface area is 154 Å². The van der Waals surface area contributed by atoms with E-state index in [1.54, 1.807) is 4.90 Å². The average Bonchev–Trinajstić information content (AvgIpc) is 2.81.